The van der Waals surface area contributed by atoms with Gasteiger partial charge in [0.1, 0.15) is 11.5 Å². The molecule has 0 saturated carbocycles. The van der Waals surface area contributed by atoms with Crippen LogP contribution in [0.15, 0.2) is 28.8 Å². The number of hydrogen-bond acceptors (Lipinski definition) is 5. The maximum absolute atomic E-state index is 12.1. The van der Waals surface area contributed by atoms with Gasteiger partial charge >= 0.3 is 0 Å². The standard InChI is InChI=1S/C14H13N3O4/c1-8-6-12(17-21-8)16-14(19)9-2-3-11-10(7-9)15-13(18)4-5-20-11/h2-3,6-7H,4-5H2,1H3,(H,15,18)(H,16,17,19). The van der Waals surface area contributed by atoms with Crippen LogP contribution in [0.5, 0.6) is 5.75 Å². The maximum Gasteiger partial charge on any atom is 0.256 e. The lowest BCUT2D eigenvalue weighted by Crippen LogP contribution is -2.13. The van der Waals surface area contributed by atoms with Gasteiger partial charge < -0.3 is 19.9 Å². The van der Waals surface area contributed by atoms with Crippen molar-refractivity contribution in [1.82, 2.24) is 5.16 Å². The molecule has 2 amide bonds. The van der Waals surface area contributed by atoms with E-state index in [-0.39, 0.29) is 18.2 Å². The molecule has 1 aromatic heterocycles. The second-order valence-corrected chi connectivity index (χ2v) is 4.63. The minimum absolute atomic E-state index is 0.140. The molecule has 21 heavy (non-hydrogen) atoms. The Bertz CT molecular complexity index is 708. The number of aryl methyl sites for hydroxylation is 1. The molecule has 0 fully saturated rings. The number of carbonyl (C=O) groups is 2. The minimum Gasteiger partial charge on any atom is -0.491 e. The summed E-state index contributed by atoms with van der Waals surface area (Å²) in [6.45, 7) is 2.06. The van der Waals surface area contributed by atoms with Gasteiger partial charge in [-0.2, -0.15) is 0 Å². The summed E-state index contributed by atoms with van der Waals surface area (Å²) in [5.74, 6) is 1.01. The van der Waals surface area contributed by atoms with E-state index in [1.807, 2.05) is 0 Å². The highest BCUT2D eigenvalue weighted by Crippen LogP contribution is 2.28. The molecule has 108 valence electrons. The Morgan fingerprint density at radius 2 is 2.24 bits per heavy atom. The first kappa shape index (κ1) is 13.2. The van der Waals surface area contributed by atoms with Crippen LogP contribution in [0.4, 0.5) is 11.5 Å². The van der Waals surface area contributed by atoms with Gasteiger partial charge in [0, 0.05) is 11.6 Å². The first-order valence-electron chi connectivity index (χ1n) is 6.43. The number of aromatic nitrogens is 1. The van der Waals surface area contributed by atoms with Gasteiger partial charge in [0.25, 0.3) is 5.91 Å². The van der Waals surface area contributed by atoms with Crippen LogP contribution in [0.25, 0.3) is 0 Å². The van der Waals surface area contributed by atoms with Crippen molar-refractivity contribution in [2.45, 2.75) is 13.3 Å². The van der Waals surface area contributed by atoms with E-state index < -0.39 is 0 Å². The van der Waals surface area contributed by atoms with E-state index in [1.165, 1.54) is 0 Å². The van der Waals surface area contributed by atoms with E-state index in [9.17, 15) is 9.59 Å². The Balaban J connectivity index is 1.82. The number of anilines is 2. The molecule has 0 radical (unpaired) electrons. The molecule has 7 heteroatoms. The van der Waals surface area contributed by atoms with E-state index in [4.69, 9.17) is 9.26 Å². The van der Waals surface area contributed by atoms with Gasteiger partial charge in [-0.05, 0) is 25.1 Å². The Kier molecular flexibility index (Phi) is 3.31. The molecule has 0 saturated heterocycles. The number of nitrogens with one attached hydrogen (secondary N) is 2. The van der Waals surface area contributed by atoms with Crippen molar-refractivity contribution in [3.8, 4) is 5.75 Å². The topological polar surface area (TPSA) is 93.5 Å². The largest absolute Gasteiger partial charge is 0.491 e. The van der Waals surface area contributed by atoms with Crippen molar-refractivity contribution in [2.75, 3.05) is 17.2 Å². The second kappa shape index (κ2) is 5.28. The molecule has 2 heterocycles. The van der Waals surface area contributed by atoms with Crippen molar-refractivity contribution in [2.24, 2.45) is 0 Å². The minimum atomic E-state index is -0.343. The van der Waals surface area contributed by atoms with Crippen LogP contribution in [-0.2, 0) is 4.79 Å². The van der Waals surface area contributed by atoms with Gasteiger partial charge in [0.05, 0.1) is 18.7 Å². The number of fused-ring (bicyclic) bond motifs is 1. The number of amides is 2. The van der Waals surface area contributed by atoms with Crippen LogP contribution in [0.2, 0.25) is 0 Å². The zero-order valence-corrected chi connectivity index (χ0v) is 11.3. The van der Waals surface area contributed by atoms with Gasteiger partial charge in [0.2, 0.25) is 5.91 Å². The van der Waals surface area contributed by atoms with Crippen LogP contribution in [0.3, 0.4) is 0 Å². The van der Waals surface area contributed by atoms with E-state index in [2.05, 4.69) is 15.8 Å². The average molecular weight is 287 g/mol. The highest BCUT2D eigenvalue weighted by Gasteiger charge is 2.16. The Morgan fingerprint density at radius 3 is 3.00 bits per heavy atom. The van der Waals surface area contributed by atoms with Gasteiger partial charge in [-0.15, -0.1) is 0 Å². The third kappa shape index (κ3) is 2.86. The fourth-order valence-corrected chi connectivity index (χ4v) is 1.97. The molecule has 1 aliphatic rings. The summed E-state index contributed by atoms with van der Waals surface area (Å²) in [6.07, 6.45) is 0.286. The molecule has 0 aliphatic carbocycles. The first-order chi connectivity index (χ1) is 10.1. The molecule has 3 rings (SSSR count). The van der Waals surface area contributed by atoms with Gasteiger partial charge in [-0.25, -0.2) is 0 Å². The lowest BCUT2D eigenvalue weighted by molar-refractivity contribution is -0.116. The lowest BCUT2D eigenvalue weighted by atomic mass is 10.1. The highest BCUT2D eigenvalue weighted by atomic mass is 16.5. The van der Waals surface area contributed by atoms with Crippen molar-refractivity contribution in [1.29, 1.82) is 0 Å². The van der Waals surface area contributed by atoms with E-state index in [0.717, 1.165) is 0 Å². The fourth-order valence-electron chi connectivity index (χ4n) is 1.97. The maximum atomic E-state index is 12.1. The summed E-state index contributed by atoms with van der Waals surface area (Å²) < 4.78 is 10.3. The molecule has 1 aliphatic heterocycles. The fraction of sp³-hybridized carbons (Fsp3) is 0.214. The number of benzene rings is 1. The van der Waals surface area contributed by atoms with Gasteiger partial charge in [-0.1, -0.05) is 5.16 Å². The first-order valence-corrected chi connectivity index (χ1v) is 6.43. The van der Waals surface area contributed by atoms with Crippen LogP contribution >= 0.6 is 0 Å². The average Bonchev–Trinajstić information content (AvgIpc) is 2.75. The summed E-state index contributed by atoms with van der Waals surface area (Å²) in [5.41, 5.74) is 0.877. The highest BCUT2D eigenvalue weighted by molar-refractivity contribution is 6.05. The Labute approximate surface area is 120 Å². The van der Waals surface area contributed by atoms with Crippen LogP contribution in [0.1, 0.15) is 22.5 Å². The zero-order valence-electron chi connectivity index (χ0n) is 11.3. The molecule has 0 bridgehead atoms. The van der Waals surface area contributed by atoms with Crippen LogP contribution in [0, 0.1) is 6.92 Å². The van der Waals surface area contributed by atoms with E-state index >= 15 is 0 Å². The zero-order chi connectivity index (χ0) is 14.8. The number of hydrogen-bond donors (Lipinski definition) is 2. The predicted molar refractivity (Wildman–Crippen MR) is 74.4 cm³/mol. The predicted octanol–water partition coefficient (Wildman–Crippen LogP) is 1.96. The second-order valence-electron chi connectivity index (χ2n) is 4.63. The smallest absolute Gasteiger partial charge is 0.256 e. The van der Waals surface area contributed by atoms with Gasteiger partial charge in [0.15, 0.2) is 5.82 Å². The normalized spacial score (nSPS) is 13.7. The SMILES string of the molecule is Cc1cc(NC(=O)c2ccc3c(c2)NC(=O)CCO3)no1. The molecule has 0 atom stereocenters. The van der Waals surface area contributed by atoms with Gasteiger partial charge in [-0.3, -0.25) is 9.59 Å². The summed E-state index contributed by atoms with van der Waals surface area (Å²) in [6, 6.07) is 6.47. The third-order valence-corrected chi connectivity index (χ3v) is 2.97. The summed E-state index contributed by atoms with van der Waals surface area (Å²) in [5, 5.41) is 9.02. The van der Waals surface area contributed by atoms with Crippen LogP contribution in [-0.4, -0.2) is 23.6 Å². The molecule has 1 aromatic carbocycles. The monoisotopic (exact) mass is 287 g/mol. The summed E-state index contributed by atoms with van der Waals surface area (Å²) in [7, 11) is 0. The molecular weight excluding hydrogens is 274 g/mol. The van der Waals surface area contributed by atoms with Crippen molar-refractivity contribution in [3.05, 3.63) is 35.6 Å². The number of carbonyl (C=O) groups excluding carboxylic acids is 2. The van der Waals surface area contributed by atoms with Crippen molar-refractivity contribution >= 4 is 23.3 Å². The Hall–Kier alpha value is -2.83. The van der Waals surface area contributed by atoms with Crippen molar-refractivity contribution in [3.63, 3.8) is 0 Å². The number of nitrogens with zero attached hydrogens (tertiary/aromatic N) is 1. The van der Waals surface area contributed by atoms with E-state index in [0.29, 0.717) is 35.2 Å². The lowest BCUT2D eigenvalue weighted by Gasteiger charge is -2.09. The van der Waals surface area contributed by atoms with Crippen LogP contribution < -0.4 is 15.4 Å². The molecule has 7 nitrogen and oxygen atoms in total. The molecule has 2 aromatic rings. The summed E-state index contributed by atoms with van der Waals surface area (Å²) >= 11 is 0. The van der Waals surface area contributed by atoms with Crippen molar-refractivity contribution < 1.29 is 18.8 Å². The number of ether oxygens (including phenoxy) is 1. The third-order valence-electron chi connectivity index (χ3n) is 2.97. The molecule has 2 N–H and O–H groups in total. The number of rotatable bonds is 2. The molecular formula is C14H13N3O4. The Morgan fingerprint density at radius 1 is 1.38 bits per heavy atom. The quantitative estimate of drug-likeness (QED) is 0.880. The molecule has 0 spiro atoms. The molecule has 0 unspecified atom stereocenters. The van der Waals surface area contributed by atoms with E-state index in [1.54, 1.807) is 31.2 Å². The summed E-state index contributed by atoms with van der Waals surface area (Å²) in [4.78, 5) is 23.6.